The number of carbonyl (C=O) groups excluding carboxylic acids is 1. The van der Waals surface area contributed by atoms with E-state index in [2.05, 4.69) is 15.8 Å². The molecular weight excluding hydrogens is 332 g/mol. The van der Waals surface area contributed by atoms with E-state index in [-0.39, 0.29) is 10.6 Å². The minimum atomic E-state index is -3.77. The Kier molecular flexibility index (Phi) is 5.17. The van der Waals surface area contributed by atoms with Crippen molar-refractivity contribution < 1.29 is 18.3 Å². The summed E-state index contributed by atoms with van der Waals surface area (Å²) < 4.78 is 22.3. The fraction of sp³-hybridized carbons (Fsp3) is 0.0667. The van der Waals surface area contributed by atoms with E-state index in [1.54, 1.807) is 19.1 Å². The molecule has 0 radical (unpaired) electrons. The van der Waals surface area contributed by atoms with Crippen LogP contribution >= 0.6 is 0 Å². The van der Waals surface area contributed by atoms with Gasteiger partial charge in [0.15, 0.2) is 0 Å². The molecule has 0 bridgehead atoms. The van der Waals surface area contributed by atoms with Crippen LogP contribution in [0.5, 0.6) is 5.75 Å². The molecule has 0 heterocycles. The average molecular weight is 348 g/mol. The Morgan fingerprint density at radius 2 is 1.67 bits per heavy atom. The number of carbonyl (C=O) groups is 1. The normalized spacial score (nSPS) is 11.8. The van der Waals surface area contributed by atoms with Crippen LogP contribution in [-0.4, -0.2) is 25.3 Å². The number of sulfonamides is 1. The molecule has 2 amide bonds. The minimum Gasteiger partial charge on any atom is -0.508 e. The number of nitrogens with two attached hydrogens (primary N) is 1. The van der Waals surface area contributed by atoms with Crippen molar-refractivity contribution in [3.63, 3.8) is 0 Å². The molecule has 2 aromatic carbocycles. The summed E-state index contributed by atoms with van der Waals surface area (Å²) in [5.41, 5.74) is 4.00. The van der Waals surface area contributed by atoms with E-state index in [4.69, 9.17) is 5.14 Å². The summed E-state index contributed by atoms with van der Waals surface area (Å²) in [6.45, 7) is 1.70. The Labute approximate surface area is 139 Å². The molecule has 0 saturated heterocycles. The number of phenolic OH excluding ortho intramolecular Hbond substituents is 1. The van der Waals surface area contributed by atoms with Crippen LogP contribution in [-0.2, 0) is 10.0 Å². The van der Waals surface area contributed by atoms with Gasteiger partial charge in [-0.1, -0.05) is 0 Å². The predicted molar refractivity (Wildman–Crippen MR) is 90.3 cm³/mol. The molecule has 0 unspecified atom stereocenters. The number of anilines is 1. The molecule has 0 atom stereocenters. The topological polar surface area (TPSA) is 134 Å². The Morgan fingerprint density at radius 1 is 1.08 bits per heavy atom. The Morgan fingerprint density at radius 3 is 2.21 bits per heavy atom. The third-order valence-electron chi connectivity index (χ3n) is 3.05. The maximum atomic E-state index is 11.8. The lowest BCUT2D eigenvalue weighted by molar-refractivity contribution is 0.252. The average Bonchev–Trinajstić information content (AvgIpc) is 2.53. The zero-order valence-corrected chi connectivity index (χ0v) is 13.5. The number of primary sulfonamides is 1. The lowest BCUT2D eigenvalue weighted by Gasteiger charge is -2.06. The molecule has 0 aliphatic rings. The molecule has 0 fully saturated rings. The van der Waals surface area contributed by atoms with Crippen molar-refractivity contribution in [1.29, 1.82) is 0 Å². The molecule has 0 spiro atoms. The van der Waals surface area contributed by atoms with Crippen LogP contribution in [0.25, 0.3) is 0 Å². The standard InChI is InChI=1S/C15H16N4O4S/c1-10(11-2-6-13(20)7-3-11)18-19-15(21)17-12-4-8-14(9-5-12)24(16,22)23/h2-9,20H,1H3,(H2,16,22,23)(H2,17,19,21)/b18-10+. The Bertz CT molecular complexity index is 859. The van der Waals surface area contributed by atoms with Gasteiger partial charge in [-0.3, -0.25) is 0 Å². The number of rotatable bonds is 4. The number of hydrazone groups is 1. The van der Waals surface area contributed by atoms with Gasteiger partial charge >= 0.3 is 6.03 Å². The smallest absolute Gasteiger partial charge is 0.339 e. The number of benzene rings is 2. The van der Waals surface area contributed by atoms with Gasteiger partial charge in [-0.25, -0.2) is 23.8 Å². The van der Waals surface area contributed by atoms with Crippen molar-refractivity contribution >= 4 is 27.5 Å². The molecule has 5 N–H and O–H groups in total. The molecule has 24 heavy (non-hydrogen) atoms. The molecule has 9 heteroatoms. The van der Waals surface area contributed by atoms with Gasteiger partial charge in [0.25, 0.3) is 0 Å². The second-order valence-electron chi connectivity index (χ2n) is 4.88. The third-order valence-corrected chi connectivity index (χ3v) is 3.98. The van der Waals surface area contributed by atoms with Gasteiger partial charge in [-0.15, -0.1) is 0 Å². The van der Waals surface area contributed by atoms with E-state index in [0.717, 1.165) is 5.56 Å². The minimum absolute atomic E-state index is 0.0466. The van der Waals surface area contributed by atoms with Gasteiger partial charge in [0.2, 0.25) is 10.0 Å². The summed E-state index contributed by atoms with van der Waals surface area (Å²) in [4.78, 5) is 11.7. The molecule has 0 saturated carbocycles. The van der Waals surface area contributed by atoms with Gasteiger partial charge in [0, 0.05) is 5.69 Å². The number of urea groups is 1. The highest BCUT2D eigenvalue weighted by atomic mass is 32.2. The van der Waals surface area contributed by atoms with E-state index in [9.17, 15) is 18.3 Å². The molecule has 0 aliphatic carbocycles. The molecule has 126 valence electrons. The molecule has 8 nitrogen and oxygen atoms in total. The summed E-state index contributed by atoms with van der Waals surface area (Å²) >= 11 is 0. The largest absolute Gasteiger partial charge is 0.508 e. The fourth-order valence-corrected chi connectivity index (χ4v) is 2.30. The van der Waals surface area contributed by atoms with E-state index >= 15 is 0 Å². The number of amides is 2. The lowest BCUT2D eigenvalue weighted by atomic mass is 10.1. The first-order valence-electron chi connectivity index (χ1n) is 6.79. The number of phenols is 1. The summed E-state index contributed by atoms with van der Waals surface area (Å²) in [5.74, 6) is 0.139. The number of nitrogens with zero attached hydrogens (tertiary/aromatic N) is 1. The van der Waals surface area contributed by atoms with E-state index in [1.165, 1.54) is 36.4 Å². The van der Waals surface area contributed by atoms with Crippen LogP contribution in [0, 0.1) is 0 Å². The second-order valence-corrected chi connectivity index (χ2v) is 6.44. The summed E-state index contributed by atoms with van der Waals surface area (Å²) in [5, 5.41) is 20.7. The first-order chi connectivity index (χ1) is 11.3. The maximum Gasteiger partial charge on any atom is 0.339 e. The second kappa shape index (κ2) is 7.11. The first-order valence-corrected chi connectivity index (χ1v) is 8.34. The van der Waals surface area contributed by atoms with Gasteiger partial charge in [0.05, 0.1) is 10.6 Å². The maximum absolute atomic E-state index is 11.8. The molecular formula is C15H16N4O4S. The quantitative estimate of drug-likeness (QED) is 0.493. The zero-order chi connectivity index (χ0) is 17.7. The molecule has 0 aliphatic heterocycles. The van der Waals surface area contributed by atoms with Crippen molar-refractivity contribution in [3.05, 3.63) is 54.1 Å². The lowest BCUT2D eigenvalue weighted by Crippen LogP contribution is -2.25. The summed E-state index contributed by atoms with van der Waals surface area (Å²) in [7, 11) is -3.77. The first kappa shape index (κ1) is 17.4. The van der Waals surface area contributed by atoms with Crippen LogP contribution in [0.1, 0.15) is 12.5 Å². The number of aromatic hydroxyl groups is 1. The summed E-state index contributed by atoms with van der Waals surface area (Å²) in [6, 6.07) is 11.2. The van der Waals surface area contributed by atoms with Crippen LogP contribution in [0.3, 0.4) is 0 Å². The number of hydrogen-bond donors (Lipinski definition) is 4. The van der Waals surface area contributed by atoms with Crippen molar-refractivity contribution in [2.45, 2.75) is 11.8 Å². The summed E-state index contributed by atoms with van der Waals surface area (Å²) in [6.07, 6.45) is 0. The molecule has 0 aromatic heterocycles. The zero-order valence-electron chi connectivity index (χ0n) is 12.7. The Balaban J connectivity index is 1.98. The van der Waals surface area contributed by atoms with Crippen molar-refractivity contribution in [2.24, 2.45) is 10.2 Å². The van der Waals surface area contributed by atoms with Gasteiger partial charge in [0.1, 0.15) is 5.75 Å². The Hall–Kier alpha value is -2.91. The van der Waals surface area contributed by atoms with E-state index in [1.807, 2.05) is 0 Å². The highest BCUT2D eigenvalue weighted by Gasteiger charge is 2.08. The van der Waals surface area contributed by atoms with Crippen LogP contribution in [0.15, 0.2) is 58.5 Å². The van der Waals surface area contributed by atoms with Gasteiger partial charge < -0.3 is 10.4 Å². The monoisotopic (exact) mass is 348 g/mol. The van der Waals surface area contributed by atoms with E-state index < -0.39 is 16.1 Å². The molecule has 2 rings (SSSR count). The highest BCUT2D eigenvalue weighted by molar-refractivity contribution is 7.89. The highest BCUT2D eigenvalue weighted by Crippen LogP contribution is 2.13. The number of nitrogens with one attached hydrogen (secondary N) is 2. The van der Waals surface area contributed by atoms with Crippen LogP contribution in [0.4, 0.5) is 10.5 Å². The van der Waals surface area contributed by atoms with Gasteiger partial charge in [-0.2, -0.15) is 5.10 Å². The number of hydrogen-bond acceptors (Lipinski definition) is 5. The third kappa shape index (κ3) is 4.80. The van der Waals surface area contributed by atoms with Crippen molar-refractivity contribution in [2.75, 3.05) is 5.32 Å². The molecule has 2 aromatic rings. The SMILES string of the molecule is C/C(=N\NC(=O)Nc1ccc(S(N)(=O)=O)cc1)c1ccc(O)cc1. The fourth-order valence-electron chi connectivity index (χ4n) is 1.79. The van der Waals surface area contributed by atoms with Crippen LogP contribution in [0.2, 0.25) is 0 Å². The predicted octanol–water partition coefficient (Wildman–Crippen LogP) is 1.59. The van der Waals surface area contributed by atoms with E-state index in [0.29, 0.717) is 11.4 Å². The van der Waals surface area contributed by atoms with Gasteiger partial charge in [-0.05, 0) is 61.0 Å². The van der Waals surface area contributed by atoms with Crippen molar-refractivity contribution in [1.82, 2.24) is 5.43 Å². The van der Waals surface area contributed by atoms with Crippen molar-refractivity contribution in [3.8, 4) is 5.75 Å². The van der Waals surface area contributed by atoms with Crippen LogP contribution < -0.4 is 15.9 Å².